The molecule has 0 fully saturated rings. The lowest BCUT2D eigenvalue weighted by molar-refractivity contribution is 0.414. The summed E-state index contributed by atoms with van der Waals surface area (Å²) in [4.78, 5) is 6.70. The van der Waals surface area contributed by atoms with Crippen molar-refractivity contribution in [2.45, 2.75) is 6.04 Å². The highest BCUT2D eigenvalue weighted by Gasteiger charge is 2.34. The SMILES string of the molecule is COc1ccc2c(c1)C=C(C#N)C1=NCC(CI)N12. The van der Waals surface area contributed by atoms with Gasteiger partial charge < -0.3 is 9.64 Å². The molecule has 1 aromatic rings. The lowest BCUT2D eigenvalue weighted by Gasteiger charge is -2.31. The zero-order valence-electron chi connectivity index (χ0n) is 10.4. The number of aliphatic imine (C=N–C) groups is 1. The first-order valence-electron chi connectivity index (χ1n) is 5.98. The molecule has 0 N–H and O–H groups in total. The molecule has 3 rings (SSSR count). The zero-order valence-corrected chi connectivity index (χ0v) is 12.6. The number of anilines is 1. The lowest BCUT2D eigenvalue weighted by Crippen LogP contribution is -2.40. The van der Waals surface area contributed by atoms with Gasteiger partial charge in [0.2, 0.25) is 0 Å². The number of fused-ring (bicyclic) bond motifs is 3. The summed E-state index contributed by atoms with van der Waals surface area (Å²) in [6.07, 6.45) is 1.89. The third-order valence-corrected chi connectivity index (χ3v) is 4.40. The summed E-state index contributed by atoms with van der Waals surface area (Å²) in [6, 6.07) is 8.53. The molecule has 1 atom stereocenters. The van der Waals surface area contributed by atoms with Crippen molar-refractivity contribution in [1.29, 1.82) is 5.26 Å². The van der Waals surface area contributed by atoms with Crippen LogP contribution in [-0.4, -0.2) is 30.0 Å². The maximum atomic E-state index is 9.29. The molecule has 0 bridgehead atoms. The number of ether oxygens (including phenoxy) is 1. The predicted octanol–water partition coefficient (Wildman–Crippen LogP) is 2.64. The second-order valence-corrected chi connectivity index (χ2v) is 5.32. The molecule has 0 aliphatic carbocycles. The molecular weight excluding hydrogens is 353 g/mol. The number of rotatable bonds is 2. The summed E-state index contributed by atoms with van der Waals surface area (Å²) in [5.74, 6) is 1.61. The van der Waals surface area contributed by atoms with Crippen LogP contribution in [0, 0.1) is 11.3 Å². The molecule has 1 aromatic carbocycles. The van der Waals surface area contributed by atoms with Gasteiger partial charge in [0.1, 0.15) is 17.7 Å². The molecule has 1 unspecified atom stereocenters. The lowest BCUT2D eigenvalue weighted by atomic mass is 10.0. The number of amidine groups is 1. The van der Waals surface area contributed by atoms with Gasteiger partial charge in [-0.2, -0.15) is 5.26 Å². The molecule has 0 aromatic heterocycles. The summed E-state index contributed by atoms with van der Waals surface area (Å²) < 4.78 is 6.23. The molecule has 0 saturated carbocycles. The molecule has 4 nitrogen and oxygen atoms in total. The van der Waals surface area contributed by atoms with E-state index < -0.39 is 0 Å². The first-order chi connectivity index (χ1) is 9.28. The van der Waals surface area contributed by atoms with E-state index in [-0.39, 0.29) is 0 Å². The van der Waals surface area contributed by atoms with Crippen LogP contribution in [0.3, 0.4) is 0 Å². The van der Waals surface area contributed by atoms with E-state index in [0.29, 0.717) is 11.6 Å². The minimum atomic E-state index is 0.333. The van der Waals surface area contributed by atoms with Crippen LogP contribution in [-0.2, 0) is 0 Å². The molecule has 0 radical (unpaired) electrons. The Morgan fingerprint density at radius 3 is 3.11 bits per heavy atom. The van der Waals surface area contributed by atoms with Crippen LogP contribution in [0.25, 0.3) is 6.08 Å². The van der Waals surface area contributed by atoms with Crippen LogP contribution >= 0.6 is 22.6 Å². The number of benzene rings is 1. The van der Waals surface area contributed by atoms with Crippen LogP contribution in [0.15, 0.2) is 28.8 Å². The number of nitrogens with zero attached hydrogens (tertiary/aromatic N) is 3. The number of hydrogen-bond donors (Lipinski definition) is 0. The molecule has 96 valence electrons. The second-order valence-electron chi connectivity index (χ2n) is 4.44. The Morgan fingerprint density at radius 1 is 1.58 bits per heavy atom. The summed E-state index contributed by atoms with van der Waals surface area (Å²) in [6.45, 7) is 0.753. The van der Waals surface area contributed by atoms with Crippen molar-refractivity contribution in [3.63, 3.8) is 0 Å². The average molecular weight is 365 g/mol. The Morgan fingerprint density at radius 2 is 2.42 bits per heavy atom. The summed E-state index contributed by atoms with van der Waals surface area (Å²) in [5.41, 5.74) is 2.76. The van der Waals surface area contributed by atoms with Crippen LogP contribution in [0.5, 0.6) is 5.75 Å². The smallest absolute Gasteiger partial charge is 0.146 e. The minimum absolute atomic E-state index is 0.333. The first kappa shape index (κ1) is 12.5. The maximum Gasteiger partial charge on any atom is 0.146 e. The van der Waals surface area contributed by atoms with E-state index >= 15 is 0 Å². The number of nitriles is 1. The fourth-order valence-corrected chi connectivity index (χ4v) is 3.14. The number of halogens is 1. The fraction of sp³-hybridized carbons (Fsp3) is 0.286. The van der Waals surface area contributed by atoms with Gasteiger partial charge in [0.05, 0.1) is 31.0 Å². The molecule has 2 heterocycles. The van der Waals surface area contributed by atoms with Crippen LogP contribution in [0.2, 0.25) is 0 Å². The summed E-state index contributed by atoms with van der Waals surface area (Å²) in [7, 11) is 1.65. The van der Waals surface area contributed by atoms with E-state index in [1.807, 2.05) is 24.3 Å². The van der Waals surface area contributed by atoms with Crippen LogP contribution in [0.4, 0.5) is 5.69 Å². The largest absolute Gasteiger partial charge is 0.497 e. The van der Waals surface area contributed by atoms with Gasteiger partial charge in [-0.15, -0.1) is 0 Å². The Balaban J connectivity index is 2.16. The highest BCUT2D eigenvalue weighted by molar-refractivity contribution is 14.1. The van der Waals surface area contributed by atoms with Crippen LogP contribution < -0.4 is 9.64 Å². The van der Waals surface area contributed by atoms with Gasteiger partial charge in [-0.25, -0.2) is 0 Å². The first-order valence-corrected chi connectivity index (χ1v) is 7.51. The van der Waals surface area contributed by atoms with E-state index in [0.717, 1.165) is 33.8 Å². The Labute approximate surface area is 125 Å². The van der Waals surface area contributed by atoms with Crippen molar-refractivity contribution in [3.05, 3.63) is 29.3 Å². The Kier molecular flexibility index (Phi) is 3.19. The maximum absolute atomic E-state index is 9.29. The van der Waals surface area contributed by atoms with Crippen molar-refractivity contribution in [3.8, 4) is 11.8 Å². The standard InChI is InChI=1S/C14H12IN3O/c1-19-12-2-3-13-9(5-12)4-10(7-16)14-17-8-11(6-15)18(13)14/h2-5,11H,6,8H2,1H3. The second kappa shape index (κ2) is 4.85. The molecule has 0 saturated heterocycles. The van der Waals surface area contributed by atoms with E-state index in [1.165, 1.54) is 0 Å². The van der Waals surface area contributed by atoms with Crippen molar-refractivity contribution in [2.75, 3.05) is 23.0 Å². The van der Waals surface area contributed by atoms with E-state index in [2.05, 4.69) is 38.6 Å². The van der Waals surface area contributed by atoms with Crippen molar-refractivity contribution in [2.24, 2.45) is 4.99 Å². The predicted molar refractivity (Wildman–Crippen MR) is 84.0 cm³/mol. The van der Waals surface area contributed by atoms with E-state index in [4.69, 9.17) is 4.74 Å². The summed E-state index contributed by atoms with van der Waals surface area (Å²) >= 11 is 2.37. The number of alkyl halides is 1. The molecule has 2 aliphatic heterocycles. The Hall–Kier alpha value is -1.55. The topological polar surface area (TPSA) is 48.6 Å². The molecule has 19 heavy (non-hydrogen) atoms. The van der Waals surface area contributed by atoms with Gasteiger partial charge in [-0.05, 0) is 24.3 Å². The molecule has 2 aliphatic rings. The summed E-state index contributed by atoms with van der Waals surface area (Å²) in [5, 5.41) is 9.29. The molecule has 0 spiro atoms. The average Bonchev–Trinajstić information content (AvgIpc) is 2.89. The minimum Gasteiger partial charge on any atom is -0.497 e. The Bertz CT molecular complexity index is 630. The van der Waals surface area contributed by atoms with Gasteiger partial charge in [0.15, 0.2) is 0 Å². The molecule has 0 amide bonds. The monoisotopic (exact) mass is 365 g/mol. The number of hydrogen-bond acceptors (Lipinski definition) is 4. The van der Waals surface area contributed by atoms with Gasteiger partial charge in [0, 0.05) is 9.99 Å². The zero-order chi connectivity index (χ0) is 13.4. The normalized spacial score (nSPS) is 20.1. The third kappa shape index (κ3) is 1.91. The highest BCUT2D eigenvalue weighted by Crippen LogP contribution is 2.36. The quantitative estimate of drug-likeness (QED) is 0.598. The highest BCUT2D eigenvalue weighted by atomic mass is 127. The van der Waals surface area contributed by atoms with Gasteiger partial charge in [-0.1, -0.05) is 22.6 Å². The van der Waals surface area contributed by atoms with E-state index in [1.54, 1.807) is 7.11 Å². The molecule has 5 heteroatoms. The van der Waals surface area contributed by atoms with Gasteiger partial charge in [-0.3, -0.25) is 4.99 Å². The van der Waals surface area contributed by atoms with Gasteiger partial charge >= 0.3 is 0 Å². The van der Waals surface area contributed by atoms with Crippen molar-refractivity contribution >= 4 is 40.2 Å². The number of methoxy groups -OCH3 is 1. The third-order valence-electron chi connectivity index (χ3n) is 3.38. The van der Waals surface area contributed by atoms with Crippen molar-refractivity contribution < 1.29 is 4.74 Å². The van der Waals surface area contributed by atoms with E-state index in [9.17, 15) is 5.26 Å². The van der Waals surface area contributed by atoms with Crippen molar-refractivity contribution in [1.82, 2.24) is 0 Å². The fourth-order valence-electron chi connectivity index (χ4n) is 2.46. The van der Waals surface area contributed by atoms with Gasteiger partial charge in [0.25, 0.3) is 0 Å². The molecular formula is C14H12IN3O. The van der Waals surface area contributed by atoms with Crippen LogP contribution in [0.1, 0.15) is 5.56 Å².